The molecule has 1 aromatic heterocycles. The predicted molar refractivity (Wildman–Crippen MR) is 87.0 cm³/mol. The fourth-order valence-corrected chi connectivity index (χ4v) is 5.33. The van der Waals surface area contributed by atoms with E-state index >= 15 is 0 Å². The van der Waals surface area contributed by atoms with Gasteiger partial charge in [0.05, 0.1) is 4.90 Å². The number of rotatable bonds is 9. The van der Waals surface area contributed by atoms with Gasteiger partial charge in [0.1, 0.15) is 0 Å². The Morgan fingerprint density at radius 2 is 2.20 bits per heavy atom. The van der Waals surface area contributed by atoms with Gasteiger partial charge in [-0.3, -0.25) is 0 Å². The fourth-order valence-electron chi connectivity index (χ4n) is 1.97. The lowest BCUT2D eigenvalue weighted by Crippen LogP contribution is -2.32. The van der Waals surface area contributed by atoms with Crippen molar-refractivity contribution in [2.75, 3.05) is 19.3 Å². The molecule has 0 aliphatic heterocycles. The number of thioether (sulfide) groups is 1. The second-order valence-corrected chi connectivity index (χ2v) is 9.11. The first-order valence-electron chi connectivity index (χ1n) is 6.85. The second-order valence-electron chi connectivity index (χ2n) is 5.10. The van der Waals surface area contributed by atoms with E-state index in [0.717, 1.165) is 30.7 Å². The molecule has 1 heterocycles. The van der Waals surface area contributed by atoms with E-state index < -0.39 is 10.0 Å². The standard InChI is InChI=1S/C13H22N2O2S3/c1-3-7-14-9-11-12(4-8-19-11)20(16,17)15-10-13(18-2)5-6-13/h4,8,14-15H,3,5-7,9-10H2,1-2H3. The molecule has 0 unspecified atom stereocenters. The highest BCUT2D eigenvalue weighted by atomic mass is 32.2. The molecule has 1 fully saturated rings. The molecule has 0 spiro atoms. The van der Waals surface area contributed by atoms with E-state index in [1.165, 1.54) is 11.3 Å². The highest BCUT2D eigenvalue weighted by Gasteiger charge is 2.42. The van der Waals surface area contributed by atoms with Gasteiger partial charge in [-0.25, -0.2) is 13.1 Å². The summed E-state index contributed by atoms with van der Waals surface area (Å²) < 4.78 is 27.7. The van der Waals surface area contributed by atoms with Crippen LogP contribution in [0.2, 0.25) is 0 Å². The average Bonchev–Trinajstić information content (AvgIpc) is 3.06. The first kappa shape index (κ1) is 16.3. The van der Waals surface area contributed by atoms with E-state index in [1.807, 2.05) is 11.6 Å². The summed E-state index contributed by atoms with van der Waals surface area (Å²) >= 11 is 3.26. The molecular weight excluding hydrogens is 312 g/mol. The van der Waals surface area contributed by atoms with Crippen LogP contribution in [0, 0.1) is 0 Å². The van der Waals surface area contributed by atoms with Crippen LogP contribution in [-0.2, 0) is 16.6 Å². The Morgan fingerprint density at radius 1 is 1.45 bits per heavy atom. The van der Waals surface area contributed by atoms with Gasteiger partial charge < -0.3 is 5.32 Å². The van der Waals surface area contributed by atoms with Crippen LogP contribution in [0.4, 0.5) is 0 Å². The summed E-state index contributed by atoms with van der Waals surface area (Å²) in [5, 5.41) is 5.11. The van der Waals surface area contributed by atoms with Crippen LogP contribution in [0.5, 0.6) is 0 Å². The van der Waals surface area contributed by atoms with Crippen molar-refractivity contribution in [3.63, 3.8) is 0 Å². The minimum atomic E-state index is -3.38. The summed E-state index contributed by atoms with van der Waals surface area (Å²) in [5.74, 6) is 0. The first-order valence-corrected chi connectivity index (χ1v) is 10.4. The van der Waals surface area contributed by atoms with Crippen LogP contribution >= 0.6 is 23.1 Å². The van der Waals surface area contributed by atoms with Crippen molar-refractivity contribution in [3.05, 3.63) is 16.3 Å². The van der Waals surface area contributed by atoms with Crippen molar-refractivity contribution in [2.24, 2.45) is 0 Å². The Balaban J connectivity index is 2.00. The van der Waals surface area contributed by atoms with Crippen molar-refractivity contribution in [1.29, 1.82) is 0 Å². The molecule has 0 bridgehead atoms. The molecule has 7 heteroatoms. The number of hydrogen-bond donors (Lipinski definition) is 2. The van der Waals surface area contributed by atoms with E-state index in [4.69, 9.17) is 0 Å². The maximum atomic E-state index is 12.4. The van der Waals surface area contributed by atoms with E-state index in [2.05, 4.69) is 17.0 Å². The molecule has 0 atom stereocenters. The Bertz CT molecular complexity index is 536. The van der Waals surface area contributed by atoms with Crippen molar-refractivity contribution in [1.82, 2.24) is 10.0 Å². The molecule has 114 valence electrons. The second kappa shape index (κ2) is 6.79. The van der Waals surface area contributed by atoms with Crippen LogP contribution in [0.3, 0.4) is 0 Å². The van der Waals surface area contributed by atoms with E-state index in [0.29, 0.717) is 18.0 Å². The lowest BCUT2D eigenvalue weighted by Gasteiger charge is -2.13. The molecule has 0 saturated heterocycles. The lowest BCUT2D eigenvalue weighted by molar-refractivity contribution is 0.577. The van der Waals surface area contributed by atoms with Crippen LogP contribution in [0.25, 0.3) is 0 Å². The average molecular weight is 335 g/mol. The number of hydrogen-bond acceptors (Lipinski definition) is 5. The molecule has 1 aliphatic carbocycles. The Hall–Kier alpha value is -0.0800. The minimum absolute atomic E-state index is 0.143. The van der Waals surface area contributed by atoms with Gasteiger partial charge in [0.15, 0.2) is 0 Å². The first-order chi connectivity index (χ1) is 9.53. The van der Waals surface area contributed by atoms with Crippen molar-refractivity contribution in [3.8, 4) is 0 Å². The summed E-state index contributed by atoms with van der Waals surface area (Å²) in [6.45, 7) is 4.15. The molecule has 1 saturated carbocycles. The maximum Gasteiger partial charge on any atom is 0.241 e. The summed E-state index contributed by atoms with van der Waals surface area (Å²) in [5.41, 5.74) is 0. The normalized spacial score (nSPS) is 17.3. The number of sulfonamides is 1. The predicted octanol–water partition coefficient (Wildman–Crippen LogP) is 2.42. The zero-order chi connectivity index (χ0) is 14.6. The third-order valence-electron chi connectivity index (χ3n) is 3.53. The Morgan fingerprint density at radius 3 is 2.80 bits per heavy atom. The van der Waals surface area contributed by atoms with E-state index in [1.54, 1.807) is 17.8 Å². The molecule has 0 aromatic carbocycles. The fraction of sp³-hybridized carbons (Fsp3) is 0.692. The van der Waals surface area contributed by atoms with Gasteiger partial charge >= 0.3 is 0 Å². The van der Waals surface area contributed by atoms with E-state index in [-0.39, 0.29) is 4.75 Å². The van der Waals surface area contributed by atoms with Gasteiger partial charge in [-0.2, -0.15) is 11.8 Å². The van der Waals surface area contributed by atoms with Crippen LogP contribution < -0.4 is 10.0 Å². The third kappa shape index (κ3) is 3.98. The molecular formula is C13H22N2O2S3. The Labute approximate surface area is 129 Å². The minimum Gasteiger partial charge on any atom is -0.312 e. The largest absolute Gasteiger partial charge is 0.312 e. The topological polar surface area (TPSA) is 58.2 Å². The number of nitrogens with one attached hydrogen (secondary N) is 2. The van der Waals surface area contributed by atoms with Gasteiger partial charge in [0.25, 0.3) is 0 Å². The van der Waals surface area contributed by atoms with E-state index in [9.17, 15) is 8.42 Å². The third-order valence-corrected chi connectivity index (χ3v) is 7.49. The van der Waals surface area contributed by atoms with Gasteiger partial charge in [-0.05, 0) is 43.5 Å². The molecule has 2 N–H and O–H groups in total. The maximum absolute atomic E-state index is 12.4. The highest BCUT2D eigenvalue weighted by molar-refractivity contribution is 8.00. The smallest absolute Gasteiger partial charge is 0.241 e. The van der Waals surface area contributed by atoms with Crippen molar-refractivity contribution >= 4 is 33.1 Å². The van der Waals surface area contributed by atoms with Gasteiger partial charge in [0.2, 0.25) is 10.0 Å². The molecule has 1 aliphatic rings. The Kier molecular flexibility index (Phi) is 5.53. The molecule has 0 radical (unpaired) electrons. The lowest BCUT2D eigenvalue weighted by atomic mass is 10.4. The summed E-state index contributed by atoms with van der Waals surface area (Å²) in [7, 11) is -3.38. The van der Waals surface area contributed by atoms with Gasteiger partial charge in [0, 0.05) is 22.7 Å². The highest BCUT2D eigenvalue weighted by Crippen LogP contribution is 2.46. The summed E-state index contributed by atoms with van der Waals surface area (Å²) in [4.78, 5) is 1.32. The monoisotopic (exact) mass is 334 g/mol. The van der Waals surface area contributed by atoms with Gasteiger partial charge in [-0.15, -0.1) is 11.3 Å². The van der Waals surface area contributed by atoms with Gasteiger partial charge in [-0.1, -0.05) is 6.92 Å². The van der Waals surface area contributed by atoms with Crippen molar-refractivity contribution in [2.45, 2.75) is 42.4 Å². The van der Waals surface area contributed by atoms with Crippen LogP contribution in [-0.4, -0.2) is 32.5 Å². The zero-order valence-corrected chi connectivity index (χ0v) is 14.4. The van der Waals surface area contributed by atoms with Crippen LogP contribution in [0.15, 0.2) is 16.3 Å². The van der Waals surface area contributed by atoms with Crippen molar-refractivity contribution < 1.29 is 8.42 Å². The molecule has 4 nitrogen and oxygen atoms in total. The molecule has 0 amide bonds. The SMILES string of the molecule is CCCNCc1sccc1S(=O)(=O)NCC1(SC)CC1. The quantitative estimate of drug-likeness (QED) is 0.681. The zero-order valence-electron chi connectivity index (χ0n) is 11.9. The molecule has 2 rings (SSSR count). The molecule has 20 heavy (non-hydrogen) atoms. The molecule has 1 aromatic rings. The summed E-state index contributed by atoms with van der Waals surface area (Å²) in [6.07, 6.45) is 5.30. The number of thiophene rings is 1. The van der Waals surface area contributed by atoms with Crippen LogP contribution in [0.1, 0.15) is 31.1 Å². The summed E-state index contributed by atoms with van der Waals surface area (Å²) in [6, 6.07) is 1.70.